The molecular weight excluding hydrogens is 538 g/mol. The van der Waals surface area contributed by atoms with Crippen LogP contribution in [-0.4, -0.2) is 81.3 Å². The van der Waals surface area contributed by atoms with E-state index in [1.807, 2.05) is 67.6 Å². The third-order valence-electron chi connectivity index (χ3n) is 7.12. The zero-order valence-corrected chi connectivity index (χ0v) is 23.7. The lowest BCUT2D eigenvalue weighted by Crippen LogP contribution is -2.49. The molecule has 224 valence electrons. The highest BCUT2D eigenvalue weighted by Gasteiger charge is 2.28. The van der Waals surface area contributed by atoms with Crippen molar-refractivity contribution in [2.75, 3.05) is 19.6 Å². The molecule has 1 unspecified atom stereocenters. The van der Waals surface area contributed by atoms with Gasteiger partial charge in [-0.05, 0) is 36.3 Å². The number of carbonyl (C=O) groups excluding carboxylic acids is 3. The third-order valence-corrected chi connectivity index (χ3v) is 7.12. The number of aromatic nitrogens is 3. The second-order valence-electron chi connectivity index (χ2n) is 10.7. The van der Waals surface area contributed by atoms with Crippen molar-refractivity contribution in [2.24, 2.45) is 5.92 Å². The minimum atomic E-state index is -0.994. The molecule has 4 rings (SSSR count). The lowest BCUT2D eigenvalue weighted by molar-refractivity contribution is -0.122. The van der Waals surface area contributed by atoms with E-state index in [-0.39, 0.29) is 37.3 Å². The summed E-state index contributed by atoms with van der Waals surface area (Å²) in [6.45, 7) is 3.63. The van der Waals surface area contributed by atoms with Crippen LogP contribution >= 0.6 is 0 Å². The van der Waals surface area contributed by atoms with E-state index in [4.69, 9.17) is 4.74 Å². The van der Waals surface area contributed by atoms with Crippen molar-refractivity contribution in [1.82, 2.24) is 36.3 Å². The SMILES string of the molecule is CC(CC(=O)N[C@@H](Cc1ccccc1)C[C@H](O)[C@H](Cc1ccccc1)NC(=O)OCc1cnn[nH]1)CN1CCNC1=O. The average molecular weight is 578 g/mol. The number of ether oxygens (including phenoxy) is 1. The number of aromatic amines is 1. The van der Waals surface area contributed by atoms with Crippen molar-refractivity contribution >= 4 is 18.0 Å². The van der Waals surface area contributed by atoms with Gasteiger partial charge in [-0.2, -0.15) is 0 Å². The highest BCUT2D eigenvalue weighted by molar-refractivity contribution is 5.77. The molecule has 12 heteroatoms. The number of amides is 4. The topological polar surface area (TPSA) is 162 Å². The van der Waals surface area contributed by atoms with E-state index < -0.39 is 24.3 Å². The predicted molar refractivity (Wildman–Crippen MR) is 155 cm³/mol. The molecule has 1 saturated heterocycles. The van der Waals surface area contributed by atoms with Crippen LogP contribution in [0.3, 0.4) is 0 Å². The number of H-pyrrole nitrogens is 1. The first kappa shape index (κ1) is 30.5. The number of hydrogen-bond acceptors (Lipinski definition) is 7. The van der Waals surface area contributed by atoms with E-state index in [0.717, 1.165) is 11.1 Å². The van der Waals surface area contributed by atoms with Crippen molar-refractivity contribution in [1.29, 1.82) is 0 Å². The van der Waals surface area contributed by atoms with Crippen molar-refractivity contribution in [3.05, 3.63) is 83.7 Å². The summed E-state index contributed by atoms with van der Waals surface area (Å²) in [5.41, 5.74) is 2.48. The summed E-state index contributed by atoms with van der Waals surface area (Å²) in [5, 5.41) is 30.0. The van der Waals surface area contributed by atoms with Crippen molar-refractivity contribution in [2.45, 2.75) is 57.4 Å². The molecule has 1 aliphatic rings. The monoisotopic (exact) mass is 577 g/mol. The van der Waals surface area contributed by atoms with E-state index in [2.05, 4.69) is 31.4 Å². The number of nitrogens with zero attached hydrogens (tertiary/aromatic N) is 3. The van der Waals surface area contributed by atoms with Crippen molar-refractivity contribution in [3.8, 4) is 0 Å². The minimum absolute atomic E-state index is 0.0384. The van der Waals surface area contributed by atoms with E-state index in [1.54, 1.807) is 4.90 Å². The van der Waals surface area contributed by atoms with E-state index in [1.165, 1.54) is 6.20 Å². The molecule has 1 aliphatic heterocycles. The lowest BCUT2D eigenvalue weighted by Gasteiger charge is -2.28. The summed E-state index contributed by atoms with van der Waals surface area (Å²) >= 11 is 0. The molecule has 0 radical (unpaired) electrons. The Kier molecular flexibility index (Phi) is 11.3. The van der Waals surface area contributed by atoms with Crippen LogP contribution in [-0.2, 0) is 29.0 Å². The van der Waals surface area contributed by atoms with Crippen LogP contribution in [0.15, 0.2) is 66.9 Å². The zero-order chi connectivity index (χ0) is 29.7. The van der Waals surface area contributed by atoms with Gasteiger partial charge in [0.05, 0.1) is 24.0 Å². The number of rotatable bonds is 15. The third kappa shape index (κ3) is 9.88. The number of hydrogen-bond donors (Lipinski definition) is 5. The summed E-state index contributed by atoms with van der Waals surface area (Å²) in [6, 6.07) is 18.1. The normalized spacial score (nSPS) is 15.8. The Morgan fingerprint density at radius 2 is 1.74 bits per heavy atom. The number of nitrogens with one attached hydrogen (secondary N) is 4. The molecule has 12 nitrogen and oxygen atoms in total. The molecule has 0 bridgehead atoms. The fourth-order valence-corrected chi connectivity index (χ4v) is 5.05. The van der Waals surface area contributed by atoms with Crippen molar-refractivity contribution < 1.29 is 24.2 Å². The molecule has 4 amide bonds. The predicted octanol–water partition coefficient (Wildman–Crippen LogP) is 2.17. The van der Waals surface area contributed by atoms with Gasteiger partial charge in [0, 0.05) is 32.1 Å². The molecular formula is C30H39N7O5. The van der Waals surface area contributed by atoms with E-state index in [9.17, 15) is 19.5 Å². The Balaban J connectivity index is 1.41. The van der Waals surface area contributed by atoms with Gasteiger partial charge in [-0.25, -0.2) is 9.59 Å². The number of aliphatic hydroxyl groups excluding tert-OH is 1. The molecule has 2 aromatic carbocycles. The lowest BCUT2D eigenvalue weighted by atomic mass is 9.93. The summed E-state index contributed by atoms with van der Waals surface area (Å²) in [5.74, 6) is -0.195. The molecule has 3 aromatic rings. The van der Waals surface area contributed by atoms with Gasteiger partial charge in [-0.15, -0.1) is 5.10 Å². The number of aliphatic hydroxyl groups is 1. The number of carbonyl (C=O) groups is 3. The van der Waals surface area contributed by atoms with Crippen LogP contribution in [0.5, 0.6) is 0 Å². The smallest absolute Gasteiger partial charge is 0.407 e. The van der Waals surface area contributed by atoms with Gasteiger partial charge in [-0.3, -0.25) is 9.89 Å². The van der Waals surface area contributed by atoms with Gasteiger partial charge in [0.25, 0.3) is 0 Å². The number of alkyl carbamates (subject to hydrolysis) is 1. The van der Waals surface area contributed by atoms with Gasteiger partial charge in [0.2, 0.25) is 5.91 Å². The first-order valence-corrected chi connectivity index (χ1v) is 14.2. The fraction of sp³-hybridized carbons (Fsp3) is 0.433. The largest absolute Gasteiger partial charge is 0.443 e. The Hall–Kier alpha value is -4.45. The minimum Gasteiger partial charge on any atom is -0.443 e. The molecule has 2 heterocycles. The quantitative estimate of drug-likeness (QED) is 0.185. The van der Waals surface area contributed by atoms with Crippen molar-refractivity contribution in [3.63, 3.8) is 0 Å². The van der Waals surface area contributed by atoms with Gasteiger partial charge in [-0.1, -0.05) is 72.8 Å². The maximum absolute atomic E-state index is 13.1. The molecule has 4 atom stereocenters. The average Bonchev–Trinajstić information content (AvgIpc) is 3.64. The first-order chi connectivity index (χ1) is 20.4. The maximum Gasteiger partial charge on any atom is 0.407 e. The highest BCUT2D eigenvalue weighted by Crippen LogP contribution is 2.16. The Bertz CT molecular complexity index is 1260. The Morgan fingerprint density at radius 3 is 2.36 bits per heavy atom. The summed E-state index contributed by atoms with van der Waals surface area (Å²) in [7, 11) is 0. The van der Waals surface area contributed by atoms with Crippen LogP contribution in [0.2, 0.25) is 0 Å². The van der Waals surface area contributed by atoms with Crippen LogP contribution in [0.1, 0.15) is 36.6 Å². The van der Waals surface area contributed by atoms with Gasteiger partial charge in [0.15, 0.2) is 0 Å². The Morgan fingerprint density at radius 1 is 1.05 bits per heavy atom. The van der Waals surface area contributed by atoms with E-state index in [0.29, 0.717) is 38.2 Å². The number of benzene rings is 2. The maximum atomic E-state index is 13.1. The molecule has 42 heavy (non-hydrogen) atoms. The van der Waals surface area contributed by atoms with Gasteiger partial charge >= 0.3 is 12.1 Å². The summed E-state index contributed by atoms with van der Waals surface area (Å²) in [4.78, 5) is 39.4. The molecule has 0 spiro atoms. The molecule has 1 fully saturated rings. The fourth-order valence-electron chi connectivity index (χ4n) is 5.05. The molecule has 0 saturated carbocycles. The molecule has 1 aromatic heterocycles. The highest BCUT2D eigenvalue weighted by atomic mass is 16.5. The zero-order valence-electron chi connectivity index (χ0n) is 23.7. The van der Waals surface area contributed by atoms with Crippen LogP contribution in [0, 0.1) is 5.92 Å². The second kappa shape index (κ2) is 15.5. The van der Waals surface area contributed by atoms with Gasteiger partial charge < -0.3 is 30.7 Å². The molecule has 5 N–H and O–H groups in total. The van der Waals surface area contributed by atoms with Crippen LogP contribution in [0.4, 0.5) is 9.59 Å². The standard InChI is InChI=1S/C30H39N7O5/c1-21(19-37-13-12-31-29(37)40)14-28(39)33-24(15-22-8-4-2-5-9-22)17-27(38)26(16-23-10-6-3-7-11-23)34-30(41)42-20-25-18-32-36-35-25/h2-11,18,21,24,26-27,38H,12-17,19-20H2,1H3,(H,31,40)(H,33,39)(H,34,41)(H,32,35,36)/t21?,24-,26-,27-/m0/s1. The Labute approximate surface area is 245 Å². The van der Waals surface area contributed by atoms with Crippen LogP contribution in [0.25, 0.3) is 0 Å². The number of urea groups is 1. The van der Waals surface area contributed by atoms with E-state index >= 15 is 0 Å². The summed E-state index contributed by atoms with van der Waals surface area (Å²) < 4.78 is 5.30. The molecule has 0 aliphatic carbocycles. The second-order valence-corrected chi connectivity index (χ2v) is 10.7. The van der Waals surface area contributed by atoms with Crippen LogP contribution < -0.4 is 16.0 Å². The first-order valence-electron chi connectivity index (χ1n) is 14.2. The van der Waals surface area contributed by atoms with Gasteiger partial charge in [0.1, 0.15) is 6.61 Å². The summed E-state index contributed by atoms with van der Waals surface area (Å²) in [6.07, 6.45) is 1.09.